The van der Waals surface area contributed by atoms with Crippen molar-refractivity contribution in [2.75, 3.05) is 21.3 Å². The van der Waals surface area contributed by atoms with E-state index < -0.39 is 12.3 Å². The molecule has 1 aliphatic carbocycles. The first-order valence-electron chi connectivity index (χ1n) is 22.7. The number of esters is 1. The Kier molecular flexibility index (Phi) is 174. The van der Waals surface area contributed by atoms with Gasteiger partial charge in [0.1, 0.15) is 11.9 Å². The Balaban J connectivity index is -0.0000000368. The van der Waals surface area contributed by atoms with Crippen LogP contribution in [0.4, 0.5) is 0 Å². The fourth-order valence-electron chi connectivity index (χ4n) is 3.00. The lowest BCUT2D eigenvalue weighted by atomic mass is 10.1. The summed E-state index contributed by atoms with van der Waals surface area (Å²) in [5.41, 5.74) is 1.17. The highest BCUT2D eigenvalue weighted by atomic mass is 16.6. The first-order valence-corrected chi connectivity index (χ1v) is 22.7. The number of allylic oxidation sites excluding steroid dienone is 4. The second-order valence-electron chi connectivity index (χ2n) is 8.48. The molecule has 2 unspecified atom stereocenters. The largest absolute Gasteiger partial charge is 0.486 e. The number of ether oxygens (including phenoxy) is 2. The summed E-state index contributed by atoms with van der Waals surface area (Å²) >= 11 is 0. The number of aliphatic hydroxyl groups is 4. The number of cyclic esters (lactones) is 1. The van der Waals surface area contributed by atoms with Gasteiger partial charge in [-0.25, -0.2) is 4.79 Å². The molecule has 3 aromatic carbocycles. The number of ketones is 2. The van der Waals surface area contributed by atoms with Crippen molar-refractivity contribution in [1.82, 2.24) is 0 Å². The minimum atomic E-state index is -1.01. The molecule has 7 rings (SSSR count). The van der Waals surface area contributed by atoms with Crippen LogP contribution in [0.3, 0.4) is 0 Å². The number of aliphatic hydroxyl groups excluding tert-OH is 4. The summed E-state index contributed by atoms with van der Waals surface area (Å²) in [6, 6.07) is 35.7. The number of carbonyl (C=O) groups excluding carboxylic acids is 3. The molecule has 0 saturated heterocycles. The third kappa shape index (κ3) is 92.6. The summed E-state index contributed by atoms with van der Waals surface area (Å²) in [6.45, 7) is 34.0. The van der Waals surface area contributed by atoms with Crippen LogP contribution < -0.4 is 4.74 Å². The van der Waals surface area contributed by atoms with E-state index in [0.29, 0.717) is 0 Å². The molecular formula is C60H114O10. The maximum absolute atomic E-state index is 10.3. The van der Waals surface area contributed by atoms with E-state index in [-0.39, 0.29) is 54.8 Å². The maximum Gasteiger partial charge on any atom is 0.333 e. The summed E-state index contributed by atoms with van der Waals surface area (Å²) in [6.07, 6.45) is 14.1. The van der Waals surface area contributed by atoms with E-state index in [1.807, 2.05) is 221 Å². The van der Waals surface area contributed by atoms with Crippen LogP contribution in [-0.2, 0) is 19.1 Å². The van der Waals surface area contributed by atoms with Crippen LogP contribution in [0, 0.1) is 0 Å². The molecule has 2 atom stereocenters. The van der Waals surface area contributed by atoms with Crippen molar-refractivity contribution >= 4 is 23.6 Å². The SMILES string of the molecule is C.C.C.C.C.CC.CC.CC.CC.CC.CC.CC.CC.CC1C=Cc2ccccc2O1.CO.CO.CO.O=C1C=CC(=O)C=C1.O=C1C=CC(O)O1.c1ccccc1.c1ccccc1.c1ccoc1. The van der Waals surface area contributed by atoms with E-state index in [9.17, 15) is 14.4 Å². The molecule has 10 heteroatoms. The molecule has 0 amide bonds. The van der Waals surface area contributed by atoms with Crippen LogP contribution in [0.15, 0.2) is 169 Å². The predicted octanol–water partition coefficient (Wildman–Crippen LogP) is 17.0. The van der Waals surface area contributed by atoms with Crippen LogP contribution in [0.2, 0.25) is 0 Å². The van der Waals surface area contributed by atoms with Gasteiger partial charge in [-0.05, 0) is 61.6 Å². The van der Waals surface area contributed by atoms with E-state index in [4.69, 9.17) is 25.2 Å². The van der Waals surface area contributed by atoms with Gasteiger partial charge in [0.15, 0.2) is 11.6 Å². The van der Waals surface area contributed by atoms with Gasteiger partial charge in [0.2, 0.25) is 6.29 Å². The van der Waals surface area contributed by atoms with Crippen molar-refractivity contribution in [2.45, 2.75) is 167 Å². The second kappa shape index (κ2) is 115. The molecule has 0 saturated carbocycles. The number of hydrogen-bond acceptors (Lipinski definition) is 10. The van der Waals surface area contributed by atoms with Crippen molar-refractivity contribution < 1.29 is 48.7 Å². The first kappa shape index (κ1) is 106. The van der Waals surface area contributed by atoms with Crippen molar-refractivity contribution in [3.05, 3.63) is 170 Å². The predicted molar refractivity (Wildman–Crippen MR) is 316 cm³/mol. The summed E-state index contributed by atoms with van der Waals surface area (Å²) in [5.74, 6) is 0.268. The molecule has 2 aliphatic heterocycles. The van der Waals surface area contributed by atoms with E-state index in [2.05, 4.69) is 27.4 Å². The Bertz CT molecular complexity index is 1310. The molecule has 3 aliphatic rings. The highest BCUT2D eigenvalue weighted by molar-refractivity contribution is 6.14. The summed E-state index contributed by atoms with van der Waals surface area (Å²) in [7, 11) is 3.00. The van der Waals surface area contributed by atoms with Gasteiger partial charge in [-0.1, -0.05) is 245 Å². The Morgan fingerprint density at radius 2 is 0.657 bits per heavy atom. The lowest BCUT2D eigenvalue weighted by Crippen LogP contribution is -2.11. The first-order chi connectivity index (χ1) is 31.9. The zero-order chi connectivity index (χ0) is 53.0. The van der Waals surface area contributed by atoms with Gasteiger partial charge in [0.05, 0.1) is 12.5 Å². The number of rotatable bonds is 0. The minimum absolute atomic E-state index is 0. The molecule has 70 heavy (non-hydrogen) atoms. The average Bonchev–Trinajstić information content (AvgIpc) is 4.16. The van der Waals surface area contributed by atoms with Crippen molar-refractivity contribution in [3.8, 4) is 5.75 Å². The maximum atomic E-state index is 10.3. The standard InChI is InChI=1S/C10H10O.C6H4O2.2C6H6.C4H4O3.C4H4O.8C2H6.3CH4O.5CH4/c1-8-6-7-9-4-2-3-5-10(9)11-8;7-5-1-2-6(8)4-3-5;2*1-2-4-6-5-3-1;5-3-1-2-4(6)7-3;1-2-4-5-3-1;11*1-2;;;;;/h2-8H,1H3;1-4H;2*1-6H;1-3,5H;1-4H;8*1-2H3;3*2H,1H3;5*1H4. The third-order valence-electron chi connectivity index (χ3n) is 4.99. The molecule has 0 radical (unpaired) electrons. The lowest BCUT2D eigenvalue weighted by molar-refractivity contribution is -0.150. The van der Waals surface area contributed by atoms with Crippen LogP contribution in [0.25, 0.3) is 6.08 Å². The van der Waals surface area contributed by atoms with Gasteiger partial charge in [-0.2, -0.15) is 0 Å². The normalized spacial score (nSPS) is 10.9. The van der Waals surface area contributed by atoms with Gasteiger partial charge in [-0.3, -0.25) is 9.59 Å². The van der Waals surface area contributed by atoms with Crippen LogP contribution >= 0.6 is 0 Å². The molecule has 10 nitrogen and oxygen atoms in total. The Hall–Kier alpha value is -5.65. The molecule has 1 aromatic heterocycles. The second-order valence-corrected chi connectivity index (χ2v) is 8.48. The van der Waals surface area contributed by atoms with E-state index in [1.165, 1.54) is 42.0 Å². The van der Waals surface area contributed by atoms with Gasteiger partial charge < -0.3 is 34.3 Å². The van der Waals surface area contributed by atoms with Crippen molar-refractivity contribution in [1.29, 1.82) is 0 Å². The van der Waals surface area contributed by atoms with Crippen LogP contribution in [0.1, 0.15) is 160 Å². The molecule has 414 valence electrons. The van der Waals surface area contributed by atoms with Gasteiger partial charge in [0, 0.05) is 33.0 Å². The number of hydrogen-bond donors (Lipinski definition) is 4. The smallest absolute Gasteiger partial charge is 0.333 e. The van der Waals surface area contributed by atoms with Gasteiger partial charge in [0.25, 0.3) is 0 Å². The quantitative estimate of drug-likeness (QED) is 0.0985. The van der Waals surface area contributed by atoms with Crippen molar-refractivity contribution in [3.63, 3.8) is 0 Å². The molecule has 4 N–H and O–H groups in total. The van der Waals surface area contributed by atoms with E-state index in [1.54, 1.807) is 12.5 Å². The van der Waals surface area contributed by atoms with E-state index in [0.717, 1.165) is 27.1 Å². The molecule has 3 heterocycles. The highest BCUT2D eigenvalue weighted by Crippen LogP contribution is 2.24. The molecular weight excluding hydrogens is 881 g/mol. The van der Waals surface area contributed by atoms with Gasteiger partial charge in [-0.15, -0.1) is 0 Å². The third-order valence-corrected chi connectivity index (χ3v) is 4.99. The minimum Gasteiger partial charge on any atom is -0.486 e. The van der Waals surface area contributed by atoms with Crippen LogP contribution in [0.5, 0.6) is 5.75 Å². The van der Waals surface area contributed by atoms with Crippen LogP contribution in [-0.4, -0.2) is 71.7 Å². The number of carbonyl (C=O) groups is 3. The number of benzene rings is 3. The lowest BCUT2D eigenvalue weighted by Gasteiger charge is -2.17. The highest BCUT2D eigenvalue weighted by Gasteiger charge is 2.11. The Morgan fingerprint density at radius 3 is 0.871 bits per heavy atom. The number of furan rings is 1. The number of fused-ring (bicyclic) bond motifs is 1. The topological polar surface area (TPSA) is 164 Å². The summed E-state index contributed by atoms with van der Waals surface area (Å²) < 4.78 is 14.3. The molecule has 0 bridgehead atoms. The monoisotopic (exact) mass is 995 g/mol. The van der Waals surface area contributed by atoms with Gasteiger partial charge >= 0.3 is 5.97 Å². The summed E-state index contributed by atoms with van der Waals surface area (Å²) in [5, 5.41) is 29.4. The van der Waals surface area contributed by atoms with Crippen molar-refractivity contribution in [2.24, 2.45) is 0 Å². The zero-order valence-electron chi connectivity index (χ0n) is 44.1. The summed E-state index contributed by atoms with van der Waals surface area (Å²) in [4.78, 5) is 30.6. The van der Waals surface area contributed by atoms with E-state index >= 15 is 0 Å². The molecule has 0 fully saturated rings. The average molecular weight is 996 g/mol. The fraction of sp³-hybridized carbons (Fsp3) is 0.450. The Morgan fingerprint density at radius 1 is 0.371 bits per heavy atom. The molecule has 0 spiro atoms. The zero-order valence-corrected chi connectivity index (χ0v) is 44.1. The number of para-hydroxylation sites is 1. The molecule has 4 aromatic rings. The Labute approximate surface area is 434 Å². The fourth-order valence-corrected chi connectivity index (χ4v) is 3.00.